The highest BCUT2D eigenvalue weighted by Gasteiger charge is 2.45. The minimum absolute atomic E-state index is 0.0429. The SMILES string of the molecule is CNCC1CCC(C(=O)N2CCOC(C(O)(CCCCOC)c3ccnc(Cl)c3-c3cccc(C(C)C)c3)C2)CC1. The van der Waals surface area contributed by atoms with E-state index in [0.29, 0.717) is 55.3 Å². The molecule has 2 unspecified atom stereocenters. The Kier molecular flexibility index (Phi) is 11.6. The van der Waals surface area contributed by atoms with Crippen LogP contribution in [0.1, 0.15) is 75.8 Å². The number of carbonyl (C=O) groups excluding carboxylic acids is 1. The van der Waals surface area contributed by atoms with E-state index in [2.05, 4.69) is 36.3 Å². The van der Waals surface area contributed by atoms with Gasteiger partial charge >= 0.3 is 0 Å². The first-order chi connectivity index (χ1) is 19.8. The molecular weight excluding hydrogens is 538 g/mol. The first-order valence-electron chi connectivity index (χ1n) is 15.3. The van der Waals surface area contributed by atoms with Gasteiger partial charge in [0, 0.05) is 37.9 Å². The summed E-state index contributed by atoms with van der Waals surface area (Å²) < 4.78 is 11.6. The molecule has 2 aliphatic rings. The predicted molar refractivity (Wildman–Crippen MR) is 164 cm³/mol. The lowest BCUT2D eigenvalue weighted by Gasteiger charge is -2.44. The Morgan fingerprint density at radius 2 is 2.02 bits per heavy atom. The summed E-state index contributed by atoms with van der Waals surface area (Å²) in [5.74, 6) is 1.22. The molecule has 1 aromatic carbocycles. The maximum atomic E-state index is 13.7. The Balaban J connectivity index is 1.64. The van der Waals surface area contributed by atoms with Crippen molar-refractivity contribution in [1.82, 2.24) is 15.2 Å². The average Bonchev–Trinajstić information content (AvgIpc) is 2.99. The van der Waals surface area contributed by atoms with Crippen LogP contribution in [0.5, 0.6) is 0 Å². The number of aromatic nitrogens is 1. The molecule has 2 fully saturated rings. The molecule has 0 spiro atoms. The van der Waals surface area contributed by atoms with Crippen molar-refractivity contribution in [3.8, 4) is 11.1 Å². The molecule has 1 saturated carbocycles. The van der Waals surface area contributed by atoms with E-state index in [-0.39, 0.29) is 11.8 Å². The lowest BCUT2D eigenvalue weighted by Crippen LogP contribution is -2.55. The molecule has 4 rings (SSSR count). The maximum absolute atomic E-state index is 13.7. The lowest BCUT2D eigenvalue weighted by molar-refractivity contribution is -0.168. The summed E-state index contributed by atoms with van der Waals surface area (Å²) in [5.41, 5.74) is 2.16. The van der Waals surface area contributed by atoms with Gasteiger partial charge in [-0.05, 0) is 93.1 Å². The Hall–Kier alpha value is -2.03. The van der Waals surface area contributed by atoms with Crippen LogP contribution in [0.25, 0.3) is 11.1 Å². The Bertz CT molecular complexity index is 1140. The molecule has 1 aliphatic heterocycles. The summed E-state index contributed by atoms with van der Waals surface area (Å²) in [6.45, 7) is 7.23. The molecule has 2 atom stereocenters. The number of nitrogens with one attached hydrogen (secondary N) is 1. The van der Waals surface area contributed by atoms with Crippen LogP contribution in [-0.2, 0) is 19.9 Å². The predicted octanol–water partition coefficient (Wildman–Crippen LogP) is 5.78. The van der Waals surface area contributed by atoms with E-state index in [1.54, 1.807) is 13.3 Å². The van der Waals surface area contributed by atoms with Crippen molar-refractivity contribution in [2.24, 2.45) is 11.8 Å². The number of halogens is 1. The van der Waals surface area contributed by atoms with Crippen molar-refractivity contribution in [2.75, 3.05) is 47.0 Å². The van der Waals surface area contributed by atoms with Gasteiger partial charge in [0.2, 0.25) is 5.91 Å². The molecule has 8 heteroatoms. The molecule has 1 aromatic heterocycles. The average molecular weight is 586 g/mol. The van der Waals surface area contributed by atoms with Crippen molar-refractivity contribution in [3.05, 3.63) is 52.8 Å². The van der Waals surface area contributed by atoms with Crippen molar-refractivity contribution < 1.29 is 19.4 Å². The van der Waals surface area contributed by atoms with Gasteiger partial charge in [-0.25, -0.2) is 4.98 Å². The van der Waals surface area contributed by atoms with Crippen LogP contribution in [0.15, 0.2) is 36.5 Å². The fraction of sp³-hybridized carbons (Fsp3) is 0.636. The summed E-state index contributed by atoms with van der Waals surface area (Å²) >= 11 is 6.79. The third-order valence-corrected chi connectivity index (χ3v) is 9.26. The standard InChI is InChI=1S/C33H48ClN3O4/c1-23(2)26-8-7-9-27(20-26)30-28(14-16-36-31(30)34)33(39,15-5-6-18-40-4)29-22-37(17-19-41-29)32(38)25-12-10-24(11-13-25)21-35-3/h7-9,14,16,20,23-25,29,35,39H,5-6,10-13,15,17-19,21-22H2,1-4H3. The first-order valence-corrected chi connectivity index (χ1v) is 15.7. The van der Waals surface area contributed by atoms with E-state index in [1.807, 2.05) is 30.1 Å². The molecule has 1 aliphatic carbocycles. The molecule has 0 radical (unpaired) electrons. The number of amides is 1. The zero-order chi connectivity index (χ0) is 29.4. The Morgan fingerprint density at radius 1 is 1.24 bits per heavy atom. The van der Waals surface area contributed by atoms with Gasteiger partial charge < -0.3 is 24.8 Å². The zero-order valence-corrected chi connectivity index (χ0v) is 26.0. The molecule has 41 heavy (non-hydrogen) atoms. The summed E-state index contributed by atoms with van der Waals surface area (Å²) in [6, 6.07) is 10.1. The summed E-state index contributed by atoms with van der Waals surface area (Å²) in [6.07, 6.45) is 7.05. The van der Waals surface area contributed by atoms with Crippen LogP contribution in [-0.4, -0.2) is 74.0 Å². The van der Waals surface area contributed by atoms with Crippen LogP contribution in [0.3, 0.4) is 0 Å². The monoisotopic (exact) mass is 585 g/mol. The third-order valence-electron chi connectivity index (χ3n) is 8.97. The first kappa shape index (κ1) is 31.9. The van der Waals surface area contributed by atoms with E-state index in [0.717, 1.165) is 56.2 Å². The minimum atomic E-state index is -1.37. The van der Waals surface area contributed by atoms with Crippen LogP contribution in [0, 0.1) is 11.8 Å². The van der Waals surface area contributed by atoms with Crippen LogP contribution >= 0.6 is 11.6 Å². The summed E-state index contributed by atoms with van der Waals surface area (Å²) in [4.78, 5) is 20.0. The highest BCUT2D eigenvalue weighted by molar-refractivity contribution is 6.32. The van der Waals surface area contributed by atoms with Gasteiger partial charge in [-0.15, -0.1) is 0 Å². The Labute approximate surface area is 251 Å². The fourth-order valence-electron chi connectivity index (χ4n) is 6.53. The number of pyridine rings is 1. The van der Waals surface area contributed by atoms with Gasteiger partial charge in [-0.2, -0.15) is 0 Å². The van der Waals surface area contributed by atoms with Crippen LogP contribution in [0.2, 0.25) is 5.15 Å². The van der Waals surface area contributed by atoms with Gasteiger partial charge in [-0.1, -0.05) is 49.7 Å². The number of ether oxygens (including phenoxy) is 2. The molecule has 1 saturated heterocycles. The largest absolute Gasteiger partial charge is 0.385 e. The minimum Gasteiger partial charge on any atom is -0.385 e. The number of nitrogens with zero attached hydrogens (tertiary/aromatic N) is 2. The van der Waals surface area contributed by atoms with E-state index < -0.39 is 11.7 Å². The second kappa shape index (κ2) is 14.9. The van der Waals surface area contributed by atoms with Gasteiger partial charge in [0.05, 0.1) is 13.2 Å². The number of morpholine rings is 1. The van der Waals surface area contributed by atoms with E-state index in [4.69, 9.17) is 21.1 Å². The fourth-order valence-corrected chi connectivity index (χ4v) is 6.80. The van der Waals surface area contributed by atoms with E-state index in [9.17, 15) is 9.90 Å². The van der Waals surface area contributed by atoms with Crippen molar-refractivity contribution in [1.29, 1.82) is 0 Å². The second-order valence-corrected chi connectivity index (χ2v) is 12.5. The van der Waals surface area contributed by atoms with Crippen molar-refractivity contribution >= 4 is 17.5 Å². The topological polar surface area (TPSA) is 83.9 Å². The van der Waals surface area contributed by atoms with Crippen LogP contribution < -0.4 is 5.32 Å². The van der Waals surface area contributed by atoms with Crippen molar-refractivity contribution in [3.63, 3.8) is 0 Å². The van der Waals surface area contributed by atoms with Gasteiger partial charge in [0.15, 0.2) is 0 Å². The van der Waals surface area contributed by atoms with E-state index >= 15 is 0 Å². The molecule has 0 bridgehead atoms. The molecular formula is C33H48ClN3O4. The highest BCUT2D eigenvalue weighted by atomic mass is 35.5. The van der Waals surface area contributed by atoms with Crippen LogP contribution in [0.4, 0.5) is 0 Å². The number of benzene rings is 1. The van der Waals surface area contributed by atoms with Gasteiger partial charge in [0.25, 0.3) is 0 Å². The van der Waals surface area contributed by atoms with Crippen molar-refractivity contribution in [2.45, 2.75) is 76.4 Å². The normalized spacial score (nSPS) is 23.0. The number of hydrogen-bond acceptors (Lipinski definition) is 6. The Morgan fingerprint density at radius 3 is 2.73 bits per heavy atom. The smallest absolute Gasteiger partial charge is 0.225 e. The quantitative estimate of drug-likeness (QED) is 0.243. The third kappa shape index (κ3) is 7.68. The summed E-state index contributed by atoms with van der Waals surface area (Å²) in [7, 11) is 3.68. The van der Waals surface area contributed by atoms with Gasteiger partial charge in [0.1, 0.15) is 16.9 Å². The van der Waals surface area contributed by atoms with Gasteiger partial charge in [-0.3, -0.25) is 4.79 Å². The number of methoxy groups -OCH3 is 1. The molecule has 7 nitrogen and oxygen atoms in total. The summed E-state index contributed by atoms with van der Waals surface area (Å²) in [5, 5.41) is 16.3. The highest BCUT2D eigenvalue weighted by Crippen LogP contribution is 2.43. The van der Waals surface area contributed by atoms with E-state index in [1.165, 1.54) is 5.56 Å². The molecule has 2 N–H and O–H groups in total. The number of carbonyl (C=O) groups is 1. The lowest BCUT2D eigenvalue weighted by atomic mass is 9.78. The molecule has 2 heterocycles. The second-order valence-electron chi connectivity index (χ2n) is 12.1. The number of unbranched alkanes of at least 4 members (excludes halogenated alkanes) is 1. The molecule has 2 aromatic rings. The maximum Gasteiger partial charge on any atom is 0.225 e. The zero-order valence-electron chi connectivity index (χ0n) is 25.2. The molecule has 226 valence electrons. The molecule has 1 amide bonds. The number of aliphatic hydroxyl groups is 1. The number of rotatable bonds is 12. The number of hydrogen-bond donors (Lipinski definition) is 2.